The average Bonchev–Trinajstić information content (AvgIpc) is 2.25. The number of anilines is 2. The lowest BCUT2D eigenvalue weighted by molar-refractivity contribution is -0.119. The molecule has 1 N–H and O–H groups in total. The number of pyridine rings is 1. The molecule has 8 heteroatoms. The van der Waals surface area contributed by atoms with Crippen LogP contribution in [0.1, 0.15) is 6.92 Å². The summed E-state index contributed by atoms with van der Waals surface area (Å²) in [6, 6.07) is 1.37. The monoisotopic (exact) mass is 301 g/mol. The maximum Gasteiger partial charge on any atom is 0.405 e. The summed E-state index contributed by atoms with van der Waals surface area (Å²) in [6.45, 7) is 0.620. The van der Waals surface area contributed by atoms with Gasteiger partial charge in [-0.25, -0.2) is 4.98 Å². The molecular formula is C10H12Cl2F3N3. The zero-order chi connectivity index (χ0) is 13.9. The SMILES string of the molecule is CCN(CC(F)(F)F)c1nc(NC)c(Cl)cc1Cl. The van der Waals surface area contributed by atoms with Crippen molar-refractivity contribution in [3.05, 3.63) is 16.1 Å². The van der Waals surface area contributed by atoms with Crippen LogP contribution >= 0.6 is 23.2 Å². The van der Waals surface area contributed by atoms with Gasteiger partial charge in [0.15, 0.2) is 0 Å². The molecule has 1 heterocycles. The minimum absolute atomic E-state index is 0.0604. The topological polar surface area (TPSA) is 28.2 Å². The van der Waals surface area contributed by atoms with Gasteiger partial charge in [0.25, 0.3) is 0 Å². The van der Waals surface area contributed by atoms with Gasteiger partial charge in [0.05, 0.1) is 10.0 Å². The fraction of sp³-hybridized carbons (Fsp3) is 0.500. The van der Waals surface area contributed by atoms with E-state index in [1.165, 1.54) is 6.07 Å². The minimum Gasteiger partial charge on any atom is -0.372 e. The zero-order valence-electron chi connectivity index (χ0n) is 9.78. The van der Waals surface area contributed by atoms with Gasteiger partial charge in [-0.15, -0.1) is 0 Å². The van der Waals surface area contributed by atoms with Gasteiger partial charge in [0, 0.05) is 13.6 Å². The van der Waals surface area contributed by atoms with Gasteiger partial charge in [0.2, 0.25) is 0 Å². The zero-order valence-corrected chi connectivity index (χ0v) is 11.3. The van der Waals surface area contributed by atoms with Crippen molar-refractivity contribution in [2.45, 2.75) is 13.1 Å². The van der Waals surface area contributed by atoms with Gasteiger partial charge < -0.3 is 10.2 Å². The van der Waals surface area contributed by atoms with Gasteiger partial charge in [0.1, 0.15) is 18.2 Å². The number of halogens is 5. The highest BCUT2D eigenvalue weighted by atomic mass is 35.5. The molecular weight excluding hydrogens is 290 g/mol. The van der Waals surface area contributed by atoms with Crippen LogP contribution in [0.5, 0.6) is 0 Å². The summed E-state index contributed by atoms with van der Waals surface area (Å²) in [5.74, 6) is 0.349. The molecule has 1 rings (SSSR count). The molecule has 0 atom stereocenters. The van der Waals surface area contributed by atoms with Crippen LogP contribution in [0.25, 0.3) is 0 Å². The van der Waals surface area contributed by atoms with E-state index in [0.717, 1.165) is 4.90 Å². The summed E-state index contributed by atoms with van der Waals surface area (Å²) >= 11 is 11.7. The van der Waals surface area contributed by atoms with Crippen molar-refractivity contribution >= 4 is 34.8 Å². The molecule has 0 radical (unpaired) electrons. The minimum atomic E-state index is -4.32. The Bertz CT molecular complexity index is 424. The van der Waals surface area contributed by atoms with E-state index < -0.39 is 12.7 Å². The van der Waals surface area contributed by atoms with Gasteiger partial charge >= 0.3 is 6.18 Å². The third kappa shape index (κ3) is 3.81. The first-order valence-corrected chi connectivity index (χ1v) is 5.89. The molecule has 0 saturated carbocycles. The molecule has 0 aliphatic heterocycles. The molecule has 1 aromatic rings. The van der Waals surface area contributed by atoms with Gasteiger partial charge in [-0.05, 0) is 13.0 Å². The lowest BCUT2D eigenvalue weighted by Gasteiger charge is -2.24. The molecule has 0 unspecified atom stereocenters. The largest absolute Gasteiger partial charge is 0.405 e. The number of hydrogen-bond acceptors (Lipinski definition) is 3. The van der Waals surface area contributed by atoms with Crippen molar-refractivity contribution in [1.29, 1.82) is 0 Å². The van der Waals surface area contributed by atoms with Gasteiger partial charge in [-0.3, -0.25) is 0 Å². The molecule has 3 nitrogen and oxygen atoms in total. The van der Waals surface area contributed by atoms with Crippen LogP contribution in [0.3, 0.4) is 0 Å². The Balaban J connectivity index is 3.13. The van der Waals surface area contributed by atoms with Gasteiger partial charge in [-0.2, -0.15) is 13.2 Å². The number of nitrogens with one attached hydrogen (secondary N) is 1. The number of nitrogens with zero attached hydrogens (tertiary/aromatic N) is 2. The molecule has 0 aliphatic carbocycles. The van der Waals surface area contributed by atoms with Crippen molar-refractivity contribution in [3.8, 4) is 0 Å². The Hall–Kier alpha value is -0.880. The van der Waals surface area contributed by atoms with Crippen LogP contribution < -0.4 is 10.2 Å². The van der Waals surface area contributed by atoms with Crippen molar-refractivity contribution in [1.82, 2.24) is 4.98 Å². The summed E-state index contributed by atoms with van der Waals surface area (Å²) in [7, 11) is 1.58. The maximum absolute atomic E-state index is 12.4. The van der Waals surface area contributed by atoms with E-state index in [0.29, 0.717) is 0 Å². The molecule has 18 heavy (non-hydrogen) atoms. The number of rotatable bonds is 4. The lowest BCUT2D eigenvalue weighted by atomic mass is 10.3. The van der Waals surface area contributed by atoms with E-state index in [1.807, 2.05) is 0 Å². The third-order valence-corrected chi connectivity index (χ3v) is 2.77. The third-order valence-electron chi connectivity index (χ3n) is 2.20. The molecule has 0 aliphatic rings. The molecule has 0 bridgehead atoms. The van der Waals surface area contributed by atoms with E-state index in [-0.39, 0.29) is 28.2 Å². The predicted molar refractivity (Wildman–Crippen MR) is 67.7 cm³/mol. The molecule has 1 aromatic heterocycles. The summed E-state index contributed by atoms with van der Waals surface area (Å²) in [5.41, 5.74) is 0. The van der Waals surface area contributed by atoms with Gasteiger partial charge in [-0.1, -0.05) is 23.2 Å². The molecule has 0 amide bonds. The lowest BCUT2D eigenvalue weighted by Crippen LogP contribution is -2.35. The summed E-state index contributed by atoms with van der Waals surface area (Å²) in [6.07, 6.45) is -4.32. The van der Waals surface area contributed by atoms with Crippen LogP contribution in [0.2, 0.25) is 10.0 Å². The number of hydrogen-bond donors (Lipinski definition) is 1. The Morgan fingerprint density at radius 1 is 1.33 bits per heavy atom. The smallest absolute Gasteiger partial charge is 0.372 e. The first-order chi connectivity index (χ1) is 8.28. The quantitative estimate of drug-likeness (QED) is 0.916. The van der Waals surface area contributed by atoms with Crippen LogP contribution in [-0.2, 0) is 0 Å². The molecule has 0 fully saturated rings. The second kappa shape index (κ2) is 5.84. The Kier molecular flexibility index (Phi) is 4.92. The second-order valence-electron chi connectivity index (χ2n) is 3.50. The van der Waals surface area contributed by atoms with Crippen LogP contribution in [0.4, 0.5) is 24.8 Å². The first-order valence-electron chi connectivity index (χ1n) is 5.14. The maximum atomic E-state index is 12.4. The van der Waals surface area contributed by atoms with Crippen LogP contribution in [-0.4, -0.2) is 31.3 Å². The van der Waals surface area contributed by atoms with E-state index in [9.17, 15) is 13.2 Å². The molecule has 0 aromatic carbocycles. The predicted octanol–water partition coefficient (Wildman–Crippen LogP) is 3.82. The fourth-order valence-corrected chi connectivity index (χ4v) is 1.98. The fourth-order valence-electron chi connectivity index (χ4n) is 1.41. The number of aromatic nitrogens is 1. The highest BCUT2D eigenvalue weighted by Gasteiger charge is 2.31. The average molecular weight is 302 g/mol. The summed E-state index contributed by atoms with van der Waals surface area (Å²) in [4.78, 5) is 5.04. The Morgan fingerprint density at radius 2 is 1.94 bits per heavy atom. The molecule has 0 spiro atoms. The molecule has 0 saturated heterocycles. The highest BCUT2D eigenvalue weighted by Crippen LogP contribution is 2.32. The van der Waals surface area contributed by atoms with E-state index >= 15 is 0 Å². The van der Waals surface area contributed by atoms with E-state index in [2.05, 4.69) is 10.3 Å². The normalized spacial score (nSPS) is 11.5. The summed E-state index contributed by atoms with van der Waals surface area (Å²) < 4.78 is 37.3. The Labute approximate surface area is 113 Å². The van der Waals surface area contributed by atoms with Crippen molar-refractivity contribution in [2.75, 3.05) is 30.4 Å². The van der Waals surface area contributed by atoms with Crippen molar-refractivity contribution in [3.63, 3.8) is 0 Å². The molecule has 102 valence electrons. The van der Waals surface area contributed by atoms with E-state index in [1.54, 1.807) is 14.0 Å². The van der Waals surface area contributed by atoms with Crippen molar-refractivity contribution in [2.24, 2.45) is 0 Å². The van der Waals surface area contributed by atoms with Crippen LogP contribution in [0, 0.1) is 0 Å². The van der Waals surface area contributed by atoms with E-state index in [4.69, 9.17) is 23.2 Å². The van der Waals surface area contributed by atoms with Crippen LogP contribution in [0.15, 0.2) is 6.07 Å². The van der Waals surface area contributed by atoms with Crippen molar-refractivity contribution < 1.29 is 13.2 Å². The summed E-state index contributed by atoms with van der Waals surface area (Å²) in [5, 5.41) is 3.04. The standard InChI is InChI=1S/C10H12Cl2F3N3/c1-3-18(5-10(13,14)15)9-7(12)4-6(11)8(16-2)17-9/h4H,3,5H2,1-2H3,(H,16,17). The Morgan fingerprint density at radius 3 is 2.39 bits per heavy atom. The number of alkyl halides is 3. The second-order valence-corrected chi connectivity index (χ2v) is 4.32. The highest BCUT2D eigenvalue weighted by molar-refractivity contribution is 6.37. The first kappa shape index (κ1) is 15.2.